The predicted octanol–water partition coefficient (Wildman–Crippen LogP) is -0.173. The Morgan fingerprint density at radius 2 is 2.13 bits per heavy atom. The van der Waals surface area contributed by atoms with Gasteiger partial charge in [0.1, 0.15) is 0 Å². The highest BCUT2D eigenvalue weighted by atomic mass is 16.3. The van der Waals surface area contributed by atoms with Gasteiger partial charge in [-0.1, -0.05) is 5.92 Å². The third kappa shape index (κ3) is 4.82. The van der Waals surface area contributed by atoms with Gasteiger partial charge in [0.25, 0.3) is 0 Å². The minimum atomic E-state index is -0.273. The molecule has 1 atom stereocenters. The van der Waals surface area contributed by atoms with Gasteiger partial charge >= 0.3 is 0 Å². The third-order valence-electron chi connectivity index (χ3n) is 2.26. The van der Waals surface area contributed by atoms with Crippen molar-refractivity contribution in [2.45, 2.75) is 32.9 Å². The molecule has 0 aromatic rings. The number of aliphatic hydroxyl groups is 1. The predicted molar refractivity (Wildman–Crippen MR) is 60.2 cm³/mol. The van der Waals surface area contributed by atoms with E-state index in [0.29, 0.717) is 6.54 Å². The molecule has 0 radical (unpaired) electrons. The summed E-state index contributed by atoms with van der Waals surface area (Å²) in [5.74, 6) is 2.25. The Hall–Kier alpha value is -1.05. The number of aliphatic hydroxyl groups excluding tert-OH is 1. The zero-order valence-corrected chi connectivity index (χ0v) is 9.66. The summed E-state index contributed by atoms with van der Waals surface area (Å²) in [6, 6.07) is -0.0609. The lowest BCUT2D eigenvalue weighted by Crippen LogP contribution is -2.49. The second-order valence-electron chi connectivity index (χ2n) is 3.65. The molecular weight excluding hydrogens is 192 g/mol. The molecule has 0 fully saturated rings. The summed E-state index contributed by atoms with van der Waals surface area (Å²) in [7, 11) is 0. The summed E-state index contributed by atoms with van der Waals surface area (Å²) >= 11 is 0. The molecular formula is C11H20N2O2. The fourth-order valence-electron chi connectivity index (χ4n) is 1.45. The number of hydrogen-bond donors (Lipinski definition) is 2. The van der Waals surface area contributed by atoms with Gasteiger partial charge in [-0.2, -0.15) is 0 Å². The largest absolute Gasteiger partial charge is 0.395 e. The lowest BCUT2D eigenvalue weighted by Gasteiger charge is -2.30. The third-order valence-corrected chi connectivity index (χ3v) is 2.26. The van der Waals surface area contributed by atoms with Crippen molar-refractivity contribution in [1.29, 1.82) is 0 Å². The molecule has 0 saturated heterocycles. The number of nitrogens with one attached hydrogen (secondary N) is 1. The molecule has 0 aliphatic heterocycles. The normalized spacial score (nSPS) is 12.6. The molecule has 0 aromatic heterocycles. The summed E-state index contributed by atoms with van der Waals surface area (Å²) in [6.45, 7) is 6.56. The van der Waals surface area contributed by atoms with E-state index in [1.54, 1.807) is 0 Å². The van der Waals surface area contributed by atoms with Gasteiger partial charge in [0.15, 0.2) is 0 Å². The van der Waals surface area contributed by atoms with Gasteiger partial charge in [-0.3, -0.25) is 9.69 Å². The van der Waals surface area contributed by atoms with Crippen molar-refractivity contribution in [2.24, 2.45) is 0 Å². The average molecular weight is 212 g/mol. The van der Waals surface area contributed by atoms with Gasteiger partial charge in [0.2, 0.25) is 5.91 Å². The highest BCUT2D eigenvalue weighted by Crippen LogP contribution is 2.04. The Bertz CT molecular complexity index is 233. The average Bonchev–Trinajstić information content (AvgIpc) is 2.21. The van der Waals surface area contributed by atoms with Crippen molar-refractivity contribution in [3.8, 4) is 12.3 Å². The summed E-state index contributed by atoms with van der Waals surface area (Å²) in [6.07, 6.45) is 5.05. The highest BCUT2D eigenvalue weighted by molar-refractivity contribution is 5.81. The van der Waals surface area contributed by atoms with Crippen LogP contribution < -0.4 is 5.32 Å². The van der Waals surface area contributed by atoms with Gasteiger partial charge in [-0.25, -0.2) is 0 Å². The molecule has 1 unspecified atom stereocenters. The first-order valence-corrected chi connectivity index (χ1v) is 5.12. The van der Waals surface area contributed by atoms with Gasteiger partial charge in [0, 0.05) is 12.6 Å². The highest BCUT2D eigenvalue weighted by Gasteiger charge is 2.22. The van der Waals surface area contributed by atoms with E-state index < -0.39 is 0 Å². The van der Waals surface area contributed by atoms with Crippen molar-refractivity contribution in [3.05, 3.63) is 0 Å². The van der Waals surface area contributed by atoms with Crippen LogP contribution in [0.15, 0.2) is 0 Å². The van der Waals surface area contributed by atoms with Crippen LogP contribution in [0.25, 0.3) is 0 Å². The second kappa shape index (κ2) is 7.27. The van der Waals surface area contributed by atoms with Crippen LogP contribution >= 0.6 is 0 Å². The number of amides is 1. The molecule has 15 heavy (non-hydrogen) atoms. The van der Waals surface area contributed by atoms with E-state index in [1.807, 2.05) is 25.7 Å². The van der Waals surface area contributed by atoms with Crippen LogP contribution in [0.2, 0.25) is 0 Å². The lowest BCUT2D eigenvalue weighted by atomic mass is 10.2. The molecule has 0 spiro atoms. The van der Waals surface area contributed by atoms with Crippen LogP contribution in [0.3, 0.4) is 0 Å². The Morgan fingerprint density at radius 1 is 1.53 bits per heavy atom. The van der Waals surface area contributed by atoms with E-state index in [9.17, 15) is 4.79 Å². The molecule has 0 saturated carbocycles. The SMILES string of the molecule is C#CCNC(=O)C(C)N(CCO)C(C)C. The Kier molecular flexibility index (Phi) is 6.76. The molecule has 4 nitrogen and oxygen atoms in total. The number of rotatable bonds is 6. The van der Waals surface area contributed by atoms with Crippen LogP contribution in [0, 0.1) is 12.3 Å². The number of hydrogen-bond acceptors (Lipinski definition) is 3. The Labute approximate surface area is 91.7 Å². The molecule has 86 valence electrons. The summed E-state index contributed by atoms with van der Waals surface area (Å²) in [5.41, 5.74) is 0. The van der Waals surface area contributed by atoms with Crippen LogP contribution in [-0.4, -0.2) is 47.7 Å². The van der Waals surface area contributed by atoms with Crippen molar-refractivity contribution < 1.29 is 9.90 Å². The summed E-state index contributed by atoms with van der Waals surface area (Å²) in [5, 5.41) is 11.5. The van der Waals surface area contributed by atoms with Crippen LogP contribution in [-0.2, 0) is 4.79 Å². The topological polar surface area (TPSA) is 52.6 Å². The van der Waals surface area contributed by atoms with E-state index in [0.717, 1.165) is 0 Å². The van der Waals surface area contributed by atoms with E-state index in [4.69, 9.17) is 11.5 Å². The molecule has 4 heteroatoms. The zero-order valence-electron chi connectivity index (χ0n) is 9.66. The first kappa shape index (κ1) is 13.9. The van der Waals surface area contributed by atoms with Crippen LogP contribution in [0.4, 0.5) is 0 Å². The Balaban J connectivity index is 4.29. The van der Waals surface area contributed by atoms with Gasteiger partial charge in [-0.15, -0.1) is 6.42 Å². The van der Waals surface area contributed by atoms with E-state index in [2.05, 4.69) is 11.2 Å². The molecule has 1 amide bonds. The van der Waals surface area contributed by atoms with E-state index in [1.165, 1.54) is 0 Å². The number of carbonyl (C=O) groups is 1. The van der Waals surface area contributed by atoms with E-state index >= 15 is 0 Å². The Morgan fingerprint density at radius 3 is 2.53 bits per heavy atom. The molecule has 2 N–H and O–H groups in total. The standard InChI is InChI=1S/C11H20N2O2/c1-5-6-12-11(15)10(4)13(7-8-14)9(2)3/h1,9-10,14H,6-8H2,2-4H3,(H,12,15). The number of carbonyl (C=O) groups excluding carboxylic acids is 1. The first-order valence-electron chi connectivity index (χ1n) is 5.12. The van der Waals surface area contributed by atoms with E-state index in [-0.39, 0.29) is 31.1 Å². The first-order chi connectivity index (χ1) is 7.04. The molecule has 0 aliphatic rings. The van der Waals surface area contributed by atoms with Crippen molar-refractivity contribution >= 4 is 5.91 Å². The minimum Gasteiger partial charge on any atom is -0.395 e. The van der Waals surface area contributed by atoms with Crippen LogP contribution in [0.5, 0.6) is 0 Å². The minimum absolute atomic E-state index is 0.0466. The number of terminal acetylenes is 1. The van der Waals surface area contributed by atoms with Crippen molar-refractivity contribution in [3.63, 3.8) is 0 Å². The monoisotopic (exact) mass is 212 g/mol. The van der Waals surface area contributed by atoms with Gasteiger partial charge < -0.3 is 10.4 Å². The van der Waals surface area contributed by atoms with Crippen molar-refractivity contribution in [2.75, 3.05) is 19.7 Å². The van der Waals surface area contributed by atoms with Crippen molar-refractivity contribution in [1.82, 2.24) is 10.2 Å². The summed E-state index contributed by atoms with van der Waals surface area (Å²) in [4.78, 5) is 13.5. The van der Waals surface area contributed by atoms with Gasteiger partial charge in [0.05, 0.1) is 19.2 Å². The van der Waals surface area contributed by atoms with Crippen LogP contribution in [0.1, 0.15) is 20.8 Å². The molecule has 0 aliphatic carbocycles. The second-order valence-corrected chi connectivity index (χ2v) is 3.65. The fraction of sp³-hybridized carbons (Fsp3) is 0.727. The maximum absolute atomic E-state index is 11.6. The van der Waals surface area contributed by atoms with Gasteiger partial charge in [-0.05, 0) is 20.8 Å². The maximum Gasteiger partial charge on any atom is 0.237 e. The smallest absolute Gasteiger partial charge is 0.237 e. The molecule has 0 bridgehead atoms. The lowest BCUT2D eigenvalue weighted by molar-refractivity contribution is -0.126. The molecule has 0 rings (SSSR count). The fourth-order valence-corrected chi connectivity index (χ4v) is 1.45. The quantitative estimate of drug-likeness (QED) is 0.601. The number of nitrogens with zero attached hydrogens (tertiary/aromatic N) is 1. The zero-order chi connectivity index (χ0) is 11.8. The molecule has 0 heterocycles. The maximum atomic E-state index is 11.6. The molecule has 0 aromatic carbocycles. The summed E-state index contributed by atoms with van der Waals surface area (Å²) < 4.78 is 0.